The Labute approximate surface area is 139 Å². The fraction of sp³-hybridized carbons (Fsp3) is 0.222. The quantitative estimate of drug-likeness (QED) is 0.898. The zero-order valence-corrected chi connectivity index (χ0v) is 13.9. The summed E-state index contributed by atoms with van der Waals surface area (Å²) in [6.07, 6.45) is 0.921. The minimum atomic E-state index is -0.182. The highest BCUT2D eigenvalue weighted by molar-refractivity contribution is 8.00. The Morgan fingerprint density at radius 2 is 2.09 bits per heavy atom. The summed E-state index contributed by atoms with van der Waals surface area (Å²) in [5, 5.41) is 5.64. The van der Waals surface area contributed by atoms with Crippen LogP contribution < -0.4 is 10.6 Å². The summed E-state index contributed by atoms with van der Waals surface area (Å²) in [6, 6.07) is 13.2. The molecule has 2 aromatic carbocycles. The van der Waals surface area contributed by atoms with Crippen molar-refractivity contribution in [1.82, 2.24) is 0 Å². The lowest BCUT2D eigenvalue weighted by Crippen LogP contribution is -2.26. The first-order valence-electron chi connectivity index (χ1n) is 7.58. The highest BCUT2D eigenvalue weighted by Gasteiger charge is 2.23. The van der Waals surface area contributed by atoms with Gasteiger partial charge in [-0.1, -0.05) is 19.1 Å². The number of nitrogens with one attached hydrogen (secondary N) is 2. The number of hydrogen-bond acceptors (Lipinski definition) is 3. The van der Waals surface area contributed by atoms with Gasteiger partial charge in [0.05, 0.1) is 10.9 Å². The van der Waals surface area contributed by atoms with Gasteiger partial charge in [-0.05, 0) is 49.2 Å². The summed E-state index contributed by atoms with van der Waals surface area (Å²) in [4.78, 5) is 25.2. The average molecular weight is 326 g/mol. The molecule has 2 N–H and O–H groups in total. The van der Waals surface area contributed by atoms with Gasteiger partial charge in [-0.25, -0.2) is 0 Å². The summed E-state index contributed by atoms with van der Waals surface area (Å²) in [7, 11) is 0. The summed E-state index contributed by atoms with van der Waals surface area (Å²) in [6.45, 7) is 3.94. The monoisotopic (exact) mass is 326 g/mol. The van der Waals surface area contributed by atoms with Crippen LogP contribution in [0.3, 0.4) is 0 Å². The van der Waals surface area contributed by atoms with Crippen LogP contribution in [0, 0.1) is 0 Å². The Kier molecular flexibility index (Phi) is 4.39. The van der Waals surface area contributed by atoms with E-state index in [1.807, 2.05) is 37.3 Å². The van der Waals surface area contributed by atoms with Crippen molar-refractivity contribution in [2.75, 3.05) is 10.6 Å². The van der Waals surface area contributed by atoms with Crippen LogP contribution in [-0.4, -0.2) is 17.1 Å². The molecule has 23 heavy (non-hydrogen) atoms. The Balaban J connectivity index is 1.80. The third-order valence-electron chi connectivity index (χ3n) is 3.77. The molecule has 0 aromatic heterocycles. The van der Waals surface area contributed by atoms with E-state index in [1.54, 1.807) is 12.1 Å². The zero-order chi connectivity index (χ0) is 16.4. The van der Waals surface area contributed by atoms with E-state index < -0.39 is 0 Å². The van der Waals surface area contributed by atoms with E-state index in [1.165, 1.54) is 17.3 Å². The van der Waals surface area contributed by atoms with Gasteiger partial charge in [-0.15, -0.1) is 11.8 Å². The van der Waals surface area contributed by atoms with E-state index in [0.29, 0.717) is 11.3 Å². The number of rotatable bonds is 3. The SMILES string of the molecule is CCc1cccc(NC(=O)c2ccc3c(c2)NC(=O)[C@H](C)S3)c1. The molecule has 2 amide bonds. The van der Waals surface area contributed by atoms with Crippen LogP contribution in [0.2, 0.25) is 0 Å². The maximum Gasteiger partial charge on any atom is 0.255 e. The van der Waals surface area contributed by atoms with Crippen LogP contribution in [0.15, 0.2) is 47.4 Å². The van der Waals surface area contributed by atoms with Gasteiger partial charge in [-0.2, -0.15) is 0 Å². The highest BCUT2D eigenvalue weighted by Crippen LogP contribution is 2.36. The van der Waals surface area contributed by atoms with Gasteiger partial charge in [0.1, 0.15) is 0 Å². The van der Waals surface area contributed by atoms with Crippen LogP contribution in [0.4, 0.5) is 11.4 Å². The molecule has 1 heterocycles. The number of anilines is 2. The van der Waals surface area contributed by atoms with Gasteiger partial charge in [0.2, 0.25) is 5.91 Å². The standard InChI is InChI=1S/C18H18N2O2S/c1-3-12-5-4-6-14(9-12)19-18(22)13-7-8-16-15(10-13)20-17(21)11(2)23-16/h4-11H,3H2,1-2H3,(H,19,22)(H,20,21)/t11-/m0/s1. The van der Waals surface area contributed by atoms with Crippen LogP contribution in [0.1, 0.15) is 29.8 Å². The summed E-state index contributed by atoms with van der Waals surface area (Å²) in [5.74, 6) is -0.213. The summed E-state index contributed by atoms with van der Waals surface area (Å²) >= 11 is 1.51. The molecule has 4 nitrogen and oxygen atoms in total. The lowest BCUT2D eigenvalue weighted by Gasteiger charge is -2.21. The number of hydrogen-bond donors (Lipinski definition) is 2. The second-order valence-electron chi connectivity index (χ2n) is 5.47. The van der Waals surface area contributed by atoms with Crippen molar-refractivity contribution in [3.05, 3.63) is 53.6 Å². The topological polar surface area (TPSA) is 58.2 Å². The molecule has 0 aliphatic carbocycles. The predicted molar refractivity (Wildman–Crippen MR) is 94.2 cm³/mol. The van der Waals surface area contributed by atoms with Crippen molar-refractivity contribution >= 4 is 35.0 Å². The molecular formula is C18H18N2O2S. The van der Waals surface area contributed by atoms with Crippen LogP contribution in [0.5, 0.6) is 0 Å². The fourth-order valence-electron chi connectivity index (χ4n) is 2.42. The van der Waals surface area contributed by atoms with Crippen molar-refractivity contribution in [3.63, 3.8) is 0 Å². The van der Waals surface area contributed by atoms with Crippen LogP contribution in [0.25, 0.3) is 0 Å². The molecule has 1 aliphatic heterocycles. The molecule has 118 valence electrons. The van der Waals surface area contributed by atoms with E-state index in [9.17, 15) is 9.59 Å². The van der Waals surface area contributed by atoms with E-state index >= 15 is 0 Å². The van der Waals surface area contributed by atoms with E-state index in [2.05, 4.69) is 17.6 Å². The summed E-state index contributed by atoms with van der Waals surface area (Å²) in [5.41, 5.74) is 3.18. The van der Waals surface area contributed by atoms with Gasteiger partial charge in [0, 0.05) is 16.1 Å². The molecule has 0 radical (unpaired) electrons. The maximum absolute atomic E-state index is 12.4. The number of carbonyl (C=O) groups is 2. The molecule has 0 fully saturated rings. The Bertz CT molecular complexity index is 773. The minimum absolute atomic E-state index is 0.0318. The number of benzene rings is 2. The molecule has 0 unspecified atom stereocenters. The predicted octanol–water partition coefficient (Wildman–Crippen LogP) is 3.93. The lowest BCUT2D eigenvalue weighted by atomic mass is 10.1. The van der Waals surface area contributed by atoms with Crippen molar-refractivity contribution in [2.24, 2.45) is 0 Å². The number of amides is 2. The molecule has 0 saturated heterocycles. The molecule has 0 bridgehead atoms. The molecule has 3 rings (SSSR count). The number of aryl methyl sites for hydroxylation is 1. The molecule has 1 atom stereocenters. The van der Waals surface area contributed by atoms with Crippen LogP contribution >= 0.6 is 11.8 Å². The number of carbonyl (C=O) groups excluding carboxylic acids is 2. The second kappa shape index (κ2) is 6.46. The largest absolute Gasteiger partial charge is 0.324 e. The average Bonchev–Trinajstić information content (AvgIpc) is 2.55. The van der Waals surface area contributed by atoms with E-state index in [4.69, 9.17) is 0 Å². The second-order valence-corrected chi connectivity index (χ2v) is 6.85. The molecule has 1 aliphatic rings. The first kappa shape index (κ1) is 15.6. The normalized spacial score (nSPS) is 16.4. The summed E-state index contributed by atoms with van der Waals surface area (Å²) < 4.78 is 0. The molecular weight excluding hydrogens is 308 g/mol. The third kappa shape index (κ3) is 3.40. The van der Waals surface area contributed by atoms with Gasteiger partial charge in [0.15, 0.2) is 0 Å². The van der Waals surface area contributed by atoms with Gasteiger partial charge >= 0.3 is 0 Å². The first-order valence-corrected chi connectivity index (χ1v) is 8.46. The minimum Gasteiger partial charge on any atom is -0.324 e. The molecule has 2 aromatic rings. The first-order chi connectivity index (χ1) is 11.1. The van der Waals surface area contributed by atoms with Gasteiger partial charge in [-0.3, -0.25) is 9.59 Å². The van der Waals surface area contributed by atoms with Crippen molar-refractivity contribution in [1.29, 1.82) is 0 Å². The highest BCUT2D eigenvalue weighted by atomic mass is 32.2. The zero-order valence-electron chi connectivity index (χ0n) is 13.1. The molecule has 5 heteroatoms. The van der Waals surface area contributed by atoms with Crippen molar-refractivity contribution < 1.29 is 9.59 Å². The third-order valence-corrected chi connectivity index (χ3v) is 4.94. The van der Waals surface area contributed by atoms with Crippen molar-refractivity contribution in [2.45, 2.75) is 30.4 Å². The fourth-order valence-corrected chi connectivity index (χ4v) is 3.35. The Morgan fingerprint density at radius 3 is 2.87 bits per heavy atom. The van der Waals surface area contributed by atoms with Crippen molar-refractivity contribution in [3.8, 4) is 0 Å². The Hall–Kier alpha value is -2.27. The van der Waals surface area contributed by atoms with E-state index in [0.717, 1.165) is 17.0 Å². The molecule has 0 saturated carbocycles. The van der Waals surface area contributed by atoms with Gasteiger partial charge in [0.25, 0.3) is 5.91 Å². The Morgan fingerprint density at radius 1 is 1.26 bits per heavy atom. The number of thioether (sulfide) groups is 1. The number of fused-ring (bicyclic) bond motifs is 1. The van der Waals surface area contributed by atoms with E-state index in [-0.39, 0.29) is 17.1 Å². The van der Waals surface area contributed by atoms with Crippen LogP contribution in [-0.2, 0) is 11.2 Å². The van der Waals surface area contributed by atoms with Gasteiger partial charge < -0.3 is 10.6 Å². The lowest BCUT2D eigenvalue weighted by molar-refractivity contribution is -0.115. The molecule has 0 spiro atoms. The smallest absolute Gasteiger partial charge is 0.255 e. The maximum atomic E-state index is 12.4.